The molecule has 0 aliphatic heterocycles. The number of aliphatic hydroxyl groups excluding tert-OH is 1. The Bertz CT molecular complexity index is 2140. The summed E-state index contributed by atoms with van der Waals surface area (Å²) >= 11 is 0. The van der Waals surface area contributed by atoms with Gasteiger partial charge in [0.2, 0.25) is 0 Å². The number of hydrogen-bond acceptors (Lipinski definition) is 13. The van der Waals surface area contributed by atoms with Crippen LogP contribution in [0.5, 0.6) is 0 Å². The Labute approximate surface area is 311 Å². The van der Waals surface area contributed by atoms with Gasteiger partial charge >= 0.3 is 18.2 Å². The molecule has 2 aromatic carbocycles. The van der Waals surface area contributed by atoms with Crippen LogP contribution in [0.2, 0.25) is 0 Å². The van der Waals surface area contributed by atoms with Gasteiger partial charge in [0.1, 0.15) is 17.0 Å². The fourth-order valence-corrected chi connectivity index (χ4v) is 6.33. The van der Waals surface area contributed by atoms with Gasteiger partial charge in [0.15, 0.2) is 10.5 Å². The van der Waals surface area contributed by atoms with E-state index in [1.165, 1.54) is 56.9 Å². The summed E-state index contributed by atoms with van der Waals surface area (Å²) in [5.74, 6) is -0.656. The monoisotopic (exact) mass is 769 g/mol. The SMILES string of the molecule is COC(=O)c1cc(NS(=O)(=O)c2ccccc2[N+](=O)[O-])cc(-c2cnn3ccc(N(CCCN(CCO)C(=O)OC(C)(C)C)C(=O)OC(C)(C)C)nc23)c1. The Morgan fingerprint density at radius 2 is 1.63 bits per heavy atom. The van der Waals surface area contributed by atoms with Gasteiger partial charge in [-0.25, -0.2) is 32.3 Å². The first kappa shape index (κ1) is 40.9. The van der Waals surface area contributed by atoms with Gasteiger partial charge < -0.3 is 24.2 Å². The summed E-state index contributed by atoms with van der Waals surface area (Å²) in [5, 5.41) is 25.5. The van der Waals surface area contributed by atoms with Crippen molar-refractivity contribution in [2.75, 3.05) is 43.0 Å². The molecule has 2 N–H and O–H groups in total. The van der Waals surface area contributed by atoms with E-state index in [1.807, 2.05) is 0 Å². The highest BCUT2D eigenvalue weighted by atomic mass is 32.2. The first-order valence-corrected chi connectivity index (χ1v) is 18.1. The number of anilines is 2. The van der Waals surface area contributed by atoms with Gasteiger partial charge in [-0.15, -0.1) is 0 Å². The molecule has 0 aliphatic carbocycles. The van der Waals surface area contributed by atoms with Crippen molar-refractivity contribution < 1.29 is 47.0 Å². The number of carbonyl (C=O) groups excluding carboxylic acids is 3. The molecule has 0 saturated carbocycles. The normalized spacial score (nSPS) is 11.9. The van der Waals surface area contributed by atoms with Crippen molar-refractivity contribution in [2.24, 2.45) is 0 Å². The van der Waals surface area contributed by atoms with Crippen LogP contribution in [0.25, 0.3) is 16.8 Å². The number of fused-ring (bicyclic) bond motifs is 1. The highest BCUT2D eigenvalue weighted by molar-refractivity contribution is 7.92. The van der Waals surface area contributed by atoms with Gasteiger partial charge in [0, 0.05) is 37.5 Å². The Hall–Kier alpha value is -5.82. The Morgan fingerprint density at radius 3 is 2.26 bits per heavy atom. The molecule has 0 bridgehead atoms. The van der Waals surface area contributed by atoms with Crippen LogP contribution in [-0.2, 0) is 24.2 Å². The van der Waals surface area contributed by atoms with Crippen molar-refractivity contribution in [2.45, 2.75) is 64.1 Å². The van der Waals surface area contributed by atoms with Gasteiger partial charge in [0.05, 0.1) is 36.1 Å². The number of nitro groups is 1. The fraction of sp³-hybridized carbons (Fsp3) is 0.400. The van der Waals surface area contributed by atoms with E-state index in [2.05, 4.69) is 9.82 Å². The Morgan fingerprint density at radius 1 is 0.963 bits per heavy atom. The molecule has 18 nitrogen and oxygen atoms in total. The van der Waals surface area contributed by atoms with E-state index in [9.17, 15) is 38.0 Å². The lowest BCUT2D eigenvalue weighted by atomic mass is 10.0. The molecule has 0 radical (unpaired) electrons. The van der Waals surface area contributed by atoms with Gasteiger partial charge in [0.25, 0.3) is 15.7 Å². The van der Waals surface area contributed by atoms with E-state index in [0.29, 0.717) is 5.56 Å². The fourth-order valence-electron chi connectivity index (χ4n) is 5.11. The number of nitrogens with one attached hydrogen (secondary N) is 1. The third-order valence-electron chi connectivity index (χ3n) is 7.34. The van der Waals surface area contributed by atoms with E-state index < -0.39 is 54.9 Å². The van der Waals surface area contributed by atoms with Crippen molar-refractivity contribution in [1.29, 1.82) is 0 Å². The molecule has 0 fully saturated rings. The summed E-state index contributed by atoms with van der Waals surface area (Å²) in [4.78, 5) is 56.6. The number of sulfonamides is 1. The van der Waals surface area contributed by atoms with Crippen molar-refractivity contribution in [3.8, 4) is 11.1 Å². The summed E-state index contributed by atoms with van der Waals surface area (Å²) < 4.78 is 46.5. The van der Waals surface area contributed by atoms with Crippen molar-refractivity contribution >= 4 is 51.0 Å². The average molecular weight is 770 g/mol. The quantitative estimate of drug-likeness (QED) is 0.0768. The Balaban J connectivity index is 1.75. The van der Waals surface area contributed by atoms with E-state index in [1.54, 1.807) is 47.7 Å². The zero-order valence-corrected chi connectivity index (χ0v) is 31.7. The maximum atomic E-state index is 13.6. The lowest BCUT2D eigenvalue weighted by molar-refractivity contribution is -0.387. The topological polar surface area (TPSA) is 225 Å². The molecule has 290 valence electrons. The molecule has 4 rings (SSSR count). The van der Waals surface area contributed by atoms with Crippen LogP contribution in [0, 0.1) is 10.1 Å². The molecule has 0 unspecified atom stereocenters. The van der Waals surface area contributed by atoms with Crippen LogP contribution < -0.4 is 9.62 Å². The van der Waals surface area contributed by atoms with Crippen molar-refractivity contribution in [3.63, 3.8) is 0 Å². The first-order valence-electron chi connectivity index (χ1n) is 16.7. The smallest absolute Gasteiger partial charge is 0.416 e. The van der Waals surface area contributed by atoms with Crippen LogP contribution in [0.3, 0.4) is 0 Å². The largest absolute Gasteiger partial charge is 0.465 e. The molecular formula is C35H43N7O11S. The van der Waals surface area contributed by atoms with Gasteiger partial charge in [-0.1, -0.05) is 12.1 Å². The summed E-state index contributed by atoms with van der Waals surface area (Å²) in [5.41, 5.74) is -1.68. The number of benzene rings is 2. The summed E-state index contributed by atoms with van der Waals surface area (Å²) in [6.45, 7) is 10.2. The summed E-state index contributed by atoms with van der Waals surface area (Å²) in [6.07, 6.45) is 1.85. The number of ether oxygens (including phenoxy) is 3. The van der Waals surface area contributed by atoms with Gasteiger partial charge in [-0.05, 0) is 83.9 Å². The van der Waals surface area contributed by atoms with Crippen LogP contribution in [0.15, 0.2) is 65.8 Å². The number of para-hydroxylation sites is 1. The molecule has 0 saturated heterocycles. The number of nitro benzene ring substituents is 1. The molecule has 54 heavy (non-hydrogen) atoms. The minimum Gasteiger partial charge on any atom is -0.465 e. The molecule has 0 atom stereocenters. The van der Waals surface area contributed by atoms with Crippen LogP contribution >= 0.6 is 0 Å². The van der Waals surface area contributed by atoms with Gasteiger partial charge in [-0.2, -0.15) is 5.10 Å². The Kier molecular flexibility index (Phi) is 12.5. The maximum Gasteiger partial charge on any atom is 0.416 e. The summed E-state index contributed by atoms with van der Waals surface area (Å²) in [6, 6.07) is 10.4. The second-order valence-corrected chi connectivity index (χ2v) is 15.6. The second kappa shape index (κ2) is 16.5. The summed E-state index contributed by atoms with van der Waals surface area (Å²) in [7, 11) is -3.38. The van der Waals surface area contributed by atoms with E-state index in [-0.39, 0.29) is 60.9 Å². The minimum absolute atomic E-state index is 0.00969. The predicted molar refractivity (Wildman–Crippen MR) is 197 cm³/mol. The van der Waals surface area contributed by atoms with E-state index in [4.69, 9.17) is 19.2 Å². The number of aliphatic hydroxyl groups is 1. The van der Waals surface area contributed by atoms with Crippen LogP contribution in [-0.4, -0.2) is 101 Å². The molecule has 2 aromatic heterocycles. The van der Waals surface area contributed by atoms with Crippen molar-refractivity contribution in [1.82, 2.24) is 19.5 Å². The minimum atomic E-state index is -4.53. The number of esters is 1. The highest BCUT2D eigenvalue weighted by Gasteiger charge is 2.28. The number of rotatable bonds is 13. The molecule has 2 amide bonds. The van der Waals surface area contributed by atoms with Crippen LogP contribution in [0.1, 0.15) is 58.3 Å². The number of nitrogens with zero attached hydrogens (tertiary/aromatic N) is 6. The first-order chi connectivity index (χ1) is 25.2. The predicted octanol–water partition coefficient (Wildman–Crippen LogP) is 5.25. The molecule has 19 heteroatoms. The van der Waals surface area contributed by atoms with Crippen molar-refractivity contribution in [3.05, 3.63) is 76.6 Å². The number of carbonyl (C=O) groups is 3. The molecule has 0 spiro atoms. The zero-order chi connectivity index (χ0) is 40.0. The molecule has 0 aliphatic rings. The van der Waals surface area contributed by atoms with E-state index in [0.717, 1.165) is 19.2 Å². The lowest BCUT2D eigenvalue weighted by Crippen LogP contribution is -2.42. The van der Waals surface area contributed by atoms with E-state index >= 15 is 0 Å². The highest BCUT2D eigenvalue weighted by Crippen LogP contribution is 2.32. The standard InChI is InChI=1S/C35H43N7O11S/c1-34(2,3)52-32(45)39(17-18-43)14-10-15-40(33(46)53-35(4,5)6)29-13-16-41-30(37-29)26(22-36-41)23-19-24(31(44)51-7)21-25(20-23)38-54(49,50)28-12-9-8-11-27(28)42(47)48/h8-9,11-13,16,19-22,38,43H,10,14-15,17-18H2,1-7H3. The second-order valence-electron chi connectivity index (χ2n) is 13.9. The molecule has 2 heterocycles. The number of amides is 2. The molecular weight excluding hydrogens is 726 g/mol. The average Bonchev–Trinajstić information content (AvgIpc) is 3.50. The number of methoxy groups -OCH3 is 1. The van der Waals surface area contributed by atoms with Crippen LogP contribution in [0.4, 0.5) is 26.8 Å². The molecule has 4 aromatic rings. The zero-order valence-electron chi connectivity index (χ0n) is 30.9. The maximum absolute atomic E-state index is 13.6. The number of hydrogen-bond donors (Lipinski definition) is 2. The lowest BCUT2D eigenvalue weighted by Gasteiger charge is -2.29. The number of aromatic nitrogens is 3. The third kappa shape index (κ3) is 10.4. The van der Waals surface area contributed by atoms with Gasteiger partial charge in [-0.3, -0.25) is 19.7 Å². The third-order valence-corrected chi connectivity index (χ3v) is 8.77.